The van der Waals surface area contributed by atoms with Crippen molar-refractivity contribution in [2.45, 2.75) is 24.9 Å². The van der Waals surface area contributed by atoms with Crippen molar-refractivity contribution in [3.63, 3.8) is 0 Å². The Balaban J connectivity index is 1.47. The van der Waals surface area contributed by atoms with E-state index in [1.54, 1.807) is 11.4 Å². The van der Waals surface area contributed by atoms with Gasteiger partial charge in [0.2, 0.25) is 0 Å². The van der Waals surface area contributed by atoms with E-state index in [0.717, 1.165) is 25.0 Å². The third kappa shape index (κ3) is 3.95. The van der Waals surface area contributed by atoms with Gasteiger partial charge in [-0.15, -0.1) is 11.3 Å². The Kier molecular flexibility index (Phi) is 4.34. The van der Waals surface area contributed by atoms with E-state index in [4.69, 9.17) is 4.52 Å². The second-order valence-corrected chi connectivity index (χ2v) is 6.97. The van der Waals surface area contributed by atoms with Crippen LogP contribution in [-0.2, 0) is 6.18 Å². The van der Waals surface area contributed by atoms with Gasteiger partial charge < -0.3 is 15.2 Å². The summed E-state index contributed by atoms with van der Waals surface area (Å²) in [4.78, 5) is 17.1. The average molecular weight is 394 g/mol. The summed E-state index contributed by atoms with van der Waals surface area (Å²) in [7, 11) is 0. The third-order valence-corrected chi connectivity index (χ3v) is 4.84. The topological polar surface area (TPSA) is 80.0 Å². The largest absolute Gasteiger partial charge is 0.416 e. The monoisotopic (exact) mass is 394 g/mol. The quantitative estimate of drug-likeness (QED) is 0.626. The zero-order valence-corrected chi connectivity index (χ0v) is 14.5. The molecular formula is C17H13F3N4O2S. The molecule has 2 amide bonds. The van der Waals surface area contributed by atoms with E-state index in [1.807, 2.05) is 0 Å². The van der Waals surface area contributed by atoms with Gasteiger partial charge in [-0.25, -0.2) is 4.79 Å². The summed E-state index contributed by atoms with van der Waals surface area (Å²) in [5.41, 5.74) is -0.363. The molecule has 1 fully saturated rings. The molecule has 0 radical (unpaired) electrons. The van der Waals surface area contributed by atoms with Gasteiger partial charge in [0.25, 0.3) is 5.89 Å². The van der Waals surface area contributed by atoms with Crippen molar-refractivity contribution < 1.29 is 22.5 Å². The lowest BCUT2D eigenvalue weighted by molar-refractivity contribution is -0.137. The molecule has 4 rings (SSSR count). The smallest absolute Gasteiger partial charge is 0.333 e. The molecule has 27 heavy (non-hydrogen) atoms. The molecule has 0 atom stereocenters. The normalized spacial score (nSPS) is 14.2. The maximum absolute atomic E-state index is 12.8. The van der Waals surface area contributed by atoms with Gasteiger partial charge in [0.05, 0.1) is 11.3 Å². The minimum absolute atomic E-state index is 0.0351. The van der Waals surface area contributed by atoms with Crippen molar-refractivity contribution in [1.82, 2.24) is 10.1 Å². The summed E-state index contributed by atoms with van der Waals surface area (Å²) in [6, 6.07) is 5.40. The van der Waals surface area contributed by atoms with Gasteiger partial charge in [0.1, 0.15) is 4.88 Å². The van der Waals surface area contributed by atoms with Gasteiger partial charge in [-0.1, -0.05) is 11.2 Å². The Labute approximate surface area is 155 Å². The number of thiophene rings is 1. The van der Waals surface area contributed by atoms with Crippen LogP contribution in [0.4, 0.5) is 29.3 Å². The first-order chi connectivity index (χ1) is 12.9. The fourth-order valence-electron chi connectivity index (χ4n) is 2.47. The number of hydrogen-bond acceptors (Lipinski definition) is 5. The van der Waals surface area contributed by atoms with E-state index in [-0.39, 0.29) is 5.69 Å². The molecule has 6 nitrogen and oxygen atoms in total. The molecule has 10 heteroatoms. The molecule has 0 unspecified atom stereocenters. The number of rotatable bonds is 4. The highest BCUT2D eigenvalue weighted by Crippen LogP contribution is 2.40. The number of urea groups is 1. The number of hydrogen-bond donors (Lipinski definition) is 2. The molecule has 0 bridgehead atoms. The van der Waals surface area contributed by atoms with Gasteiger partial charge in [-0.3, -0.25) is 0 Å². The molecule has 1 aliphatic rings. The lowest BCUT2D eigenvalue weighted by atomic mass is 10.2. The van der Waals surface area contributed by atoms with E-state index in [1.165, 1.54) is 23.5 Å². The molecular weight excluding hydrogens is 381 g/mol. The van der Waals surface area contributed by atoms with Crippen LogP contribution in [0.25, 0.3) is 10.8 Å². The van der Waals surface area contributed by atoms with Crippen LogP contribution in [0.5, 0.6) is 0 Å². The summed E-state index contributed by atoms with van der Waals surface area (Å²) >= 11 is 1.31. The highest BCUT2D eigenvalue weighted by atomic mass is 32.1. The van der Waals surface area contributed by atoms with Crippen molar-refractivity contribution in [2.75, 3.05) is 10.6 Å². The lowest BCUT2D eigenvalue weighted by Crippen LogP contribution is -2.19. The zero-order chi connectivity index (χ0) is 19.0. The standard InChI is InChI=1S/C17H13F3N4O2S/c18-17(19,20)10-2-1-3-11(8-10)21-16(25)22-12-6-7-27-13(12)15-23-14(24-26-15)9-4-5-9/h1-3,6-9H,4-5H2,(H2,21,22,25). The molecule has 1 aromatic carbocycles. The Bertz CT molecular complexity index is 978. The number of halogens is 3. The van der Waals surface area contributed by atoms with Crippen molar-refractivity contribution >= 4 is 28.7 Å². The van der Waals surface area contributed by atoms with Crippen LogP contribution < -0.4 is 10.6 Å². The van der Waals surface area contributed by atoms with Gasteiger partial charge in [-0.2, -0.15) is 18.2 Å². The Morgan fingerprint density at radius 1 is 1.22 bits per heavy atom. The van der Waals surface area contributed by atoms with Crippen LogP contribution in [0.2, 0.25) is 0 Å². The number of nitrogens with zero attached hydrogens (tertiary/aromatic N) is 2. The van der Waals surface area contributed by atoms with E-state index in [0.29, 0.717) is 28.2 Å². The number of anilines is 2. The van der Waals surface area contributed by atoms with Crippen molar-refractivity contribution in [2.24, 2.45) is 0 Å². The van der Waals surface area contributed by atoms with Crippen LogP contribution in [0.1, 0.15) is 30.1 Å². The second kappa shape index (κ2) is 6.69. The van der Waals surface area contributed by atoms with Crippen LogP contribution in [0, 0.1) is 0 Å². The van der Waals surface area contributed by atoms with Crippen molar-refractivity contribution in [3.8, 4) is 10.8 Å². The second-order valence-electron chi connectivity index (χ2n) is 6.05. The highest BCUT2D eigenvalue weighted by Gasteiger charge is 2.31. The average Bonchev–Trinajstić information content (AvgIpc) is 3.16. The number of amides is 2. The molecule has 2 aromatic heterocycles. The summed E-state index contributed by atoms with van der Waals surface area (Å²) in [5.74, 6) is 1.29. The number of alkyl halides is 3. The van der Waals surface area contributed by atoms with Gasteiger partial charge in [-0.05, 0) is 42.5 Å². The summed E-state index contributed by atoms with van der Waals surface area (Å²) in [6.45, 7) is 0. The Morgan fingerprint density at radius 2 is 2.04 bits per heavy atom. The number of benzene rings is 1. The SMILES string of the molecule is O=C(Nc1cccc(C(F)(F)F)c1)Nc1ccsc1-c1nc(C2CC2)no1. The molecule has 3 aromatic rings. The molecule has 0 spiro atoms. The van der Waals surface area contributed by atoms with Crippen LogP contribution in [-0.4, -0.2) is 16.2 Å². The first-order valence-corrected chi connectivity index (χ1v) is 8.95. The summed E-state index contributed by atoms with van der Waals surface area (Å²) < 4.78 is 43.5. The number of carbonyl (C=O) groups excluding carboxylic acids is 1. The van der Waals surface area contributed by atoms with E-state index >= 15 is 0 Å². The number of nitrogens with one attached hydrogen (secondary N) is 2. The summed E-state index contributed by atoms with van der Waals surface area (Å²) in [6.07, 6.45) is -2.41. The Morgan fingerprint density at radius 3 is 2.78 bits per heavy atom. The predicted molar refractivity (Wildman–Crippen MR) is 93.7 cm³/mol. The molecule has 1 aliphatic carbocycles. The molecule has 140 valence electrons. The minimum Gasteiger partial charge on any atom is -0.333 e. The molecule has 2 heterocycles. The molecule has 2 N–H and O–H groups in total. The van der Waals surface area contributed by atoms with Crippen molar-refractivity contribution in [3.05, 3.63) is 47.1 Å². The predicted octanol–water partition coefficient (Wildman–Crippen LogP) is 5.34. The van der Waals surface area contributed by atoms with Crippen LogP contribution in [0.15, 0.2) is 40.2 Å². The number of carbonyl (C=O) groups is 1. The van der Waals surface area contributed by atoms with E-state index < -0.39 is 17.8 Å². The zero-order valence-electron chi connectivity index (χ0n) is 13.7. The molecule has 0 aliphatic heterocycles. The summed E-state index contributed by atoms with van der Waals surface area (Å²) in [5, 5.41) is 10.7. The van der Waals surface area contributed by atoms with Gasteiger partial charge in [0.15, 0.2) is 5.82 Å². The maximum Gasteiger partial charge on any atom is 0.416 e. The van der Waals surface area contributed by atoms with E-state index in [9.17, 15) is 18.0 Å². The number of aromatic nitrogens is 2. The van der Waals surface area contributed by atoms with Gasteiger partial charge >= 0.3 is 12.2 Å². The first kappa shape index (κ1) is 17.5. The van der Waals surface area contributed by atoms with Crippen LogP contribution in [0.3, 0.4) is 0 Å². The lowest BCUT2D eigenvalue weighted by Gasteiger charge is -2.10. The maximum atomic E-state index is 12.8. The van der Waals surface area contributed by atoms with Gasteiger partial charge in [0, 0.05) is 11.6 Å². The minimum atomic E-state index is -4.48. The van der Waals surface area contributed by atoms with E-state index in [2.05, 4.69) is 20.8 Å². The first-order valence-electron chi connectivity index (χ1n) is 8.07. The van der Waals surface area contributed by atoms with Crippen molar-refractivity contribution in [1.29, 1.82) is 0 Å². The molecule has 0 saturated heterocycles. The van der Waals surface area contributed by atoms with Crippen LogP contribution >= 0.6 is 11.3 Å². The third-order valence-electron chi connectivity index (χ3n) is 3.94. The molecule has 1 saturated carbocycles. The highest BCUT2D eigenvalue weighted by molar-refractivity contribution is 7.14. The fraction of sp³-hybridized carbons (Fsp3) is 0.235. The Hall–Kier alpha value is -2.88. The fourth-order valence-corrected chi connectivity index (χ4v) is 3.24.